The number of aromatic nitrogens is 4. The van der Waals surface area contributed by atoms with E-state index in [9.17, 15) is 0 Å². The molecule has 0 aromatic carbocycles. The molecule has 0 radical (unpaired) electrons. The summed E-state index contributed by atoms with van der Waals surface area (Å²) < 4.78 is 1.78. The van der Waals surface area contributed by atoms with Crippen molar-refractivity contribution in [1.82, 2.24) is 20.2 Å². The van der Waals surface area contributed by atoms with Crippen LogP contribution in [-0.4, -0.2) is 31.7 Å². The molecule has 14 heavy (non-hydrogen) atoms. The minimum atomic E-state index is 0.383. The number of tetrazole rings is 1. The molecule has 2 N–H and O–H groups in total. The van der Waals surface area contributed by atoms with Gasteiger partial charge in [0.1, 0.15) is 0 Å². The Morgan fingerprint density at radius 3 is 2.86 bits per heavy atom. The predicted octanol–water partition coefficient (Wildman–Crippen LogP) is 1.10. The van der Waals surface area contributed by atoms with Crippen molar-refractivity contribution in [2.45, 2.75) is 37.0 Å². The summed E-state index contributed by atoms with van der Waals surface area (Å²) in [5.41, 5.74) is 5.71. The maximum absolute atomic E-state index is 5.71. The predicted molar refractivity (Wildman–Crippen MR) is 57.0 cm³/mol. The number of hydrogen-bond acceptors (Lipinski definition) is 5. The average molecular weight is 213 g/mol. The zero-order valence-electron chi connectivity index (χ0n) is 8.26. The molecule has 2 atom stereocenters. The summed E-state index contributed by atoms with van der Waals surface area (Å²) in [6.07, 6.45) is 7.08. The van der Waals surface area contributed by atoms with Crippen LogP contribution in [0.25, 0.3) is 0 Å². The summed E-state index contributed by atoms with van der Waals surface area (Å²) in [5.74, 6) is 0.441. The molecule has 0 amide bonds. The van der Waals surface area contributed by atoms with Crippen LogP contribution < -0.4 is 5.73 Å². The third kappa shape index (κ3) is 1.70. The standard InChI is InChI=1S/C8H15N5S/c1-14-7-5-3-2-4-6(7)13-8(9)10-11-12-13/h6-7H,2-5H2,1H3,(H2,9,10,12). The molecular weight excluding hydrogens is 198 g/mol. The molecule has 78 valence electrons. The molecule has 2 rings (SSSR count). The van der Waals surface area contributed by atoms with Crippen molar-refractivity contribution in [3.05, 3.63) is 0 Å². The molecule has 1 aliphatic rings. The number of nitrogens with zero attached hydrogens (tertiary/aromatic N) is 4. The molecular formula is C8H15N5S. The molecule has 1 aliphatic carbocycles. The topological polar surface area (TPSA) is 69.6 Å². The summed E-state index contributed by atoms with van der Waals surface area (Å²) in [4.78, 5) is 0. The Morgan fingerprint density at radius 2 is 2.21 bits per heavy atom. The van der Waals surface area contributed by atoms with Gasteiger partial charge >= 0.3 is 0 Å². The highest BCUT2D eigenvalue weighted by atomic mass is 32.2. The SMILES string of the molecule is CSC1CCCCC1n1nnnc1N. The molecule has 1 aromatic rings. The normalized spacial score (nSPS) is 27.8. The quantitative estimate of drug-likeness (QED) is 0.796. The van der Waals surface area contributed by atoms with Crippen LogP contribution in [0.4, 0.5) is 5.95 Å². The van der Waals surface area contributed by atoms with Gasteiger partial charge in [0.25, 0.3) is 0 Å². The first-order valence-electron chi connectivity index (χ1n) is 4.89. The van der Waals surface area contributed by atoms with Crippen LogP contribution in [0.3, 0.4) is 0 Å². The van der Waals surface area contributed by atoms with Crippen molar-refractivity contribution in [3.63, 3.8) is 0 Å². The van der Waals surface area contributed by atoms with Gasteiger partial charge in [0.05, 0.1) is 6.04 Å². The van der Waals surface area contributed by atoms with Crippen LogP contribution in [0, 0.1) is 0 Å². The van der Waals surface area contributed by atoms with Gasteiger partial charge in [0, 0.05) is 5.25 Å². The summed E-state index contributed by atoms with van der Waals surface area (Å²) in [7, 11) is 0. The Labute approximate surface area is 87.4 Å². The number of nitrogens with two attached hydrogens (primary N) is 1. The first-order valence-corrected chi connectivity index (χ1v) is 6.18. The van der Waals surface area contributed by atoms with Crippen molar-refractivity contribution in [3.8, 4) is 0 Å². The maximum atomic E-state index is 5.71. The van der Waals surface area contributed by atoms with Crippen LogP contribution in [0.1, 0.15) is 31.7 Å². The highest BCUT2D eigenvalue weighted by Crippen LogP contribution is 2.35. The number of anilines is 1. The van der Waals surface area contributed by atoms with Gasteiger partial charge in [-0.3, -0.25) is 0 Å². The van der Waals surface area contributed by atoms with Gasteiger partial charge < -0.3 is 5.73 Å². The average Bonchev–Trinajstić information content (AvgIpc) is 2.64. The Balaban J connectivity index is 2.19. The minimum Gasteiger partial charge on any atom is -0.367 e. The number of nitrogen functional groups attached to an aromatic ring is 1. The van der Waals surface area contributed by atoms with E-state index in [0.717, 1.165) is 6.42 Å². The van der Waals surface area contributed by atoms with E-state index in [1.54, 1.807) is 4.68 Å². The second-order valence-corrected chi connectivity index (χ2v) is 4.68. The maximum Gasteiger partial charge on any atom is 0.240 e. The molecule has 1 saturated carbocycles. The lowest BCUT2D eigenvalue weighted by Crippen LogP contribution is -2.27. The molecule has 0 saturated heterocycles. The van der Waals surface area contributed by atoms with E-state index in [4.69, 9.17) is 5.73 Å². The van der Waals surface area contributed by atoms with E-state index in [1.807, 2.05) is 11.8 Å². The lowest BCUT2D eigenvalue weighted by Gasteiger charge is -2.29. The molecule has 1 heterocycles. The Morgan fingerprint density at radius 1 is 1.43 bits per heavy atom. The molecule has 0 bridgehead atoms. The van der Waals surface area contributed by atoms with E-state index in [-0.39, 0.29) is 0 Å². The van der Waals surface area contributed by atoms with Crippen molar-refractivity contribution in [1.29, 1.82) is 0 Å². The summed E-state index contributed by atoms with van der Waals surface area (Å²) in [6.45, 7) is 0. The molecule has 2 unspecified atom stereocenters. The van der Waals surface area contributed by atoms with Crippen molar-refractivity contribution in [2.24, 2.45) is 0 Å². The largest absolute Gasteiger partial charge is 0.367 e. The van der Waals surface area contributed by atoms with Gasteiger partial charge in [-0.25, -0.2) is 4.68 Å². The summed E-state index contributed by atoms with van der Waals surface area (Å²) >= 11 is 1.89. The monoisotopic (exact) mass is 213 g/mol. The third-order valence-corrected chi connectivity index (χ3v) is 3.96. The van der Waals surface area contributed by atoms with Gasteiger partial charge in [0.15, 0.2) is 0 Å². The fourth-order valence-electron chi connectivity index (χ4n) is 2.07. The molecule has 5 nitrogen and oxygen atoms in total. The Hall–Kier alpha value is -0.780. The second kappa shape index (κ2) is 4.16. The second-order valence-electron chi connectivity index (χ2n) is 3.61. The van der Waals surface area contributed by atoms with Gasteiger partial charge in [0.2, 0.25) is 5.95 Å². The van der Waals surface area contributed by atoms with Crippen LogP contribution >= 0.6 is 11.8 Å². The zero-order valence-corrected chi connectivity index (χ0v) is 9.07. The van der Waals surface area contributed by atoms with Gasteiger partial charge in [-0.15, -0.1) is 0 Å². The van der Waals surface area contributed by atoms with E-state index in [0.29, 0.717) is 17.2 Å². The molecule has 6 heteroatoms. The van der Waals surface area contributed by atoms with Gasteiger partial charge in [-0.2, -0.15) is 11.8 Å². The van der Waals surface area contributed by atoms with Crippen LogP contribution in [0.15, 0.2) is 0 Å². The van der Waals surface area contributed by atoms with Crippen LogP contribution in [0.5, 0.6) is 0 Å². The Kier molecular flexibility index (Phi) is 2.90. The Bertz CT molecular complexity index is 300. The van der Waals surface area contributed by atoms with Crippen LogP contribution in [-0.2, 0) is 0 Å². The highest BCUT2D eigenvalue weighted by Gasteiger charge is 2.28. The van der Waals surface area contributed by atoms with Gasteiger partial charge in [-0.1, -0.05) is 17.9 Å². The lowest BCUT2D eigenvalue weighted by atomic mass is 9.95. The zero-order chi connectivity index (χ0) is 9.97. The van der Waals surface area contributed by atoms with E-state index >= 15 is 0 Å². The fourth-order valence-corrected chi connectivity index (χ4v) is 3.04. The number of thioether (sulfide) groups is 1. The molecule has 0 aliphatic heterocycles. The first-order chi connectivity index (χ1) is 6.83. The summed E-state index contributed by atoms with van der Waals surface area (Å²) in [5, 5.41) is 11.9. The smallest absolute Gasteiger partial charge is 0.240 e. The molecule has 0 spiro atoms. The number of hydrogen-bond donors (Lipinski definition) is 1. The fraction of sp³-hybridized carbons (Fsp3) is 0.875. The molecule has 1 aromatic heterocycles. The number of rotatable bonds is 2. The third-order valence-electron chi connectivity index (χ3n) is 2.80. The van der Waals surface area contributed by atoms with E-state index in [1.165, 1.54) is 19.3 Å². The van der Waals surface area contributed by atoms with E-state index in [2.05, 4.69) is 21.8 Å². The lowest BCUT2D eigenvalue weighted by molar-refractivity contribution is 0.338. The van der Waals surface area contributed by atoms with Crippen molar-refractivity contribution < 1.29 is 0 Å². The minimum absolute atomic E-state index is 0.383. The highest BCUT2D eigenvalue weighted by molar-refractivity contribution is 7.99. The first kappa shape index (κ1) is 9.76. The van der Waals surface area contributed by atoms with Crippen LogP contribution in [0.2, 0.25) is 0 Å². The van der Waals surface area contributed by atoms with Crippen molar-refractivity contribution in [2.75, 3.05) is 12.0 Å². The molecule has 1 fully saturated rings. The van der Waals surface area contributed by atoms with Gasteiger partial charge in [-0.05, 0) is 29.5 Å². The summed E-state index contributed by atoms with van der Waals surface area (Å²) in [6, 6.07) is 0.383. The van der Waals surface area contributed by atoms with E-state index < -0.39 is 0 Å². The van der Waals surface area contributed by atoms with Crippen molar-refractivity contribution >= 4 is 17.7 Å².